The third-order valence-corrected chi connectivity index (χ3v) is 6.86. The fourth-order valence-electron chi connectivity index (χ4n) is 4.66. The number of hydrogen-bond donors (Lipinski definition) is 3. The summed E-state index contributed by atoms with van der Waals surface area (Å²) in [5, 5.41) is 10.3. The second kappa shape index (κ2) is 8.80. The zero-order valence-corrected chi connectivity index (χ0v) is 19.9. The second-order valence-corrected chi connectivity index (χ2v) is 9.24. The zero-order chi connectivity index (χ0) is 25.6. The average Bonchev–Trinajstić information content (AvgIpc) is 3.53. The number of pyridine rings is 4. The topological polar surface area (TPSA) is 138 Å². The van der Waals surface area contributed by atoms with Crippen LogP contribution in [0.25, 0.3) is 56.0 Å². The van der Waals surface area contributed by atoms with Gasteiger partial charge in [-0.15, -0.1) is 0 Å². The Morgan fingerprint density at radius 3 is 2.71 bits per heavy atom. The van der Waals surface area contributed by atoms with E-state index in [-0.39, 0.29) is 22.9 Å². The molecule has 38 heavy (non-hydrogen) atoms. The summed E-state index contributed by atoms with van der Waals surface area (Å²) in [4.78, 5) is 37.6. The van der Waals surface area contributed by atoms with Crippen LogP contribution >= 0.6 is 0 Å². The Balaban J connectivity index is 1.30. The third kappa shape index (κ3) is 3.67. The Kier molecular flexibility index (Phi) is 5.13. The predicted molar refractivity (Wildman–Crippen MR) is 139 cm³/mol. The quantitative estimate of drug-likeness (QED) is 0.303. The molecule has 6 aromatic rings. The average molecular weight is 506 g/mol. The number of imidazole rings is 1. The number of carbonyl (C=O) groups is 1. The van der Waals surface area contributed by atoms with Gasteiger partial charge < -0.3 is 10.3 Å². The van der Waals surface area contributed by atoms with Crippen LogP contribution in [-0.2, 0) is 4.79 Å². The lowest BCUT2D eigenvalue weighted by Crippen LogP contribution is -2.28. The van der Waals surface area contributed by atoms with Crippen molar-refractivity contribution in [2.24, 2.45) is 5.92 Å². The minimum atomic E-state index is -0.570. The minimum Gasteiger partial charge on any atom is -0.335 e. The lowest BCUT2D eigenvalue weighted by atomic mass is 9.85. The van der Waals surface area contributed by atoms with Gasteiger partial charge in [-0.1, -0.05) is 12.5 Å². The molecular weight excluding hydrogens is 485 g/mol. The molecule has 7 rings (SSSR count). The first kappa shape index (κ1) is 22.2. The number of H-pyrrole nitrogens is 2. The number of amides is 1. The molecule has 0 bridgehead atoms. The number of rotatable bonds is 5. The summed E-state index contributed by atoms with van der Waals surface area (Å²) in [6.07, 6.45) is 12.5. The van der Waals surface area contributed by atoms with Crippen molar-refractivity contribution in [1.29, 1.82) is 0 Å². The summed E-state index contributed by atoms with van der Waals surface area (Å²) in [7, 11) is 0. The smallest absolute Gasteiger partial charge is 0.227 e. The number of anilines is 1. The highest BCUT2D eigenvalue weighted by atomic mass is 19.1. The second-order valence-electron chi connectivity index (χ2n) is 9.24. The van der Waals surface area contributed by atoms with E-state index in [1.807, 2.05) is 18.2 Å². The number of aromatic amines is 2. The van der Waals surface area contributed by atoms with Crippen LogP contribution in [0.15, 0.2) is 61.4 Å². The van der Waals surface area contributed by atoms with Gasteiger partial charge in [0, 0.05) is 35.6 Å². The van der Waals surface area contributed by atoms with Gasteiger partial charge in [0.05, 0.1) is 46.4 Å². The summed E-state index contributed by atoms with van der Waals surface area (Å²) in [5.41, 5.74) is 4.57. The summed E-state index contributed by atoms with van der Waals surface area (Å²) in [6.45, 7) is 0. The summed E-state index contributed by atoms with van der Waals surface area (Å²) < 4.78 is 16.0. The number of nitrogens with zero attached hydrogens (tertiary/aromatic N) is 6. The van der Waals surface area contributed by atoms with Crippen LogP contribution in [0.2, 0.25) is 0 Å². The highest BCUT2D eigenvalue weighted by molar-refractivity contribution is 5.98. The SMILES string of the molecule is O=C(Nc1cncc(-c2ncc3[nH]nc(-c4nc5c(-c6ccccn6)cncc5[nH]4)c3c2F)c1)C1CCC1. The maximum atomic E-state index is 16.0. The van der Waals surface area contributed by atoms with E-state index in [1.54, 1.807) is 30.9 Å². The molecule has 6 heterocycles. The van der Waals surface area contributed by atoms with E-state index in [0.29, 0.717) is 39.3 Å². The standard InChI is InChI=1S/C27H20FN9O/c28-22-21-19(13-32-23(22)15-8-16(10-29-9-15)33-27(38)14-4-3-5-14)36-37-25(21)26-34-20-12-30-11-17(24(20)35-26)18-6-1-2-7-31-18/h1-2,6-14H,3-5H2,(H,33,38)(H,34,35)(H,36,37). The summed E-state index contributed by atoms with van der Waals surface area (Å²) in [5.74, 6) is -0.206. The van der Waals surface area contributed by atoms with Gasteiger partial charge in [0.15, 0.2) is 11.6 Å². The van der Waals surface area contributed by atoms with Crippen molar-refractivity contribution >= 4 is 33.5 Å². The molecule has 0 spiro atoms. The van der Waals surface area contributed by atoms with Gasteiger partial charge in [0.1, 0.15) is 16.9 Å². The fourth-order valence-corrected chi connectivity index (χ4v) is 4.66. The van der Waals surface area contributed by atoms with Crippen molar-refractivity contribution < 1.29 is 9.18 Å². The lowest BCUT2D eigenvalue weighted by molar-refractivity contribution is -0.122. The molecule has 1 saturated carbocycles. The predicted octanol–water partition coefficient (Wildman–Crippen LogP) is 4.90. The molecule has 1 aliphatic carbocycles. The summed E-state index contributed by atoms with van der Waals surface area (Å²) >= 11 is 0. The molecular formula is C27H20FN9O. The van der Waals surface area contributed by atoms with Gasteiger partial charge in [-0.3, -0.25) is 29.8 Å². The number of fused-ring (bicyclic) bond motifs is 2. The van der Waals surface area contributed by atoms with Crippen molar-refractivity contribution in [1.82, 2.24) is 40.1 Å². The van der Waals surface area contributed by atoms with Gasteiger partial charge in [-0.25, -0.2) is 9.37 Å². The zero-order valence-electron chi connectivity index (χ0n) is 19.9. The molecule has 0 atom stereocenters. The number of halogens is 1. The number of aromatic nitrogens is 8. The van der Waals surface area contributed by atoms with E-state index in [0.717, 1.165) is 30.5 Å². The highest BCUT2D eigenvalue weighted by Gasteiger charge is 2.26. The number of nitrogens with one attached hydrogen (secondary N) is 3. The molecule has 0 unspecified atom stereocenters. The van der Waals surface area contributed by atoms with Crippen LogP contribution < -0.4 is 5.32 Å². The van der Waals surface area contributed by atoms with E-state index in [1.165, 1.54) is 12.4 Å². The molecule has 0 radical (unpaired) electrons. The number of carbonyl (C=O) groups excluding carboxylic acids is 1. The van der Waals surface area contributed by atoms with Crippen LogP contribution in [0.3, 0.4) is 0 Å². The van der Waals surface area contributed by atoms with Crippen molar-refractivity contribution in [2.45, 2.75) is 19.3 Å². The minimum absolute atomic E-state index is 0.0237. The van der Waals surface area contributed by atoms with Gasteiger partial charge in [-0.05, 0) is 31.0 Å². The van der Waals surface area contributed by atoms with Crippen LogP contribution in [0.5, 0.6) is 0 Å². The molecule has 11 heteroatoms. The Morgan fingerprint density at radius 2 is 1.89 bits per heavy atom. The van der Waals surface area contributed by atoms with Crippen LogP contribution in [0.4, 0.5) is 10.1 Å². The lowest BCUT2D eigenvalue weighted by Gasteiger charge is -2.24. The Hall–Kier alpha value is -5.06. The van der Waals surface area contributed by atoms with Gasteiger partial charge in [0.25, 0.3) is 0 Å². The molecule has 0 aliphatic heterocycles. The van der Waals surface area contributed by atoms with Crippen molar-refractivity contribution in [3.63, 3.8) is 0 Å². The Morgan fingerprint density at radius 1 is 1.00 bits per heavy atom. The van der Waals surface area contributed by atoms with Crippen molar-refractivity contribution in [3.8, 4) is 34.0 Å². The largest absolute Gasteiger partial charge is 0.335 e. The molecule has 0 saturated heterocycles. The van der Waals surface area contributed by atoms with E-state index in [2.05, 4.69) is 40.4 Å². The molecule has 3 N–H and O–H groups in total. The van der Waals surface area contributed by atoms with Gasteiger partial charge in [0.2, 0.25) is 5.91 Å². The first-order chi connectivity index (χ1) is 18.7. The third-order valence-electron chi connectivity index (χ3n) is 6.86. The maximum Gasteiger partial charge on any atom is 0.227 e. The number of hydrogen-bond acceptors (Lipinski definition) is 7. The molecule has 6 aromatic heterocycles. The molecule has 10 nitrogen and oxygen atoms in total. The van der Waals surface area contributed by atoms with Crippen LogP contribution in [0.1, 0.15) is 19.3 Å². The molecule has 0 aromatic carbocycles. The van der Waals surface area contributed by atoms with Crippen molar-refractivity contribution in [2.75, 3.05) is 5.32 Å². The van der Waals surface area contributed by atoms with Crippen LogP contribution in [0, 0.1) is 11.7 Å². The van der Waals surface area contributed by atoms with Crippen molar-refractivity contribution in [3.05, 3.63) is 67.3 Å². The Bertz CT molecular complexity index is 1830. The van der Waals surface area contributed by atoms with E-state index >= 15 is 4.39 Å². The normalized spacial score (nSPS) is 13.6. The fraction of sp³-hybridized carbons (Fsp3) is 0.148. The monoisotopic (exact) mass is 505 g/mol. The van der Waals surface area contributed by atoms with Crippen LogP contribution in [-0.4, -0.2) is 46.0 Å². The molecule has 1 aliphatic rings. The maximum absolute atomic E-state index is 16.0. The first-order valence-corrected chi connectivity index (χ1v) is 12.2. The van der Waals surface area contributed by atoms with E-state index < -0.39 is 5.82 Å². The first-order valence-electron chi connectivity index (χ1n) is 12.2. The molecule has 1 amide bonds. The van der Waals surface area contributed by atoms with E-state index in [4.69, 9.17) is 4.98 Å². The Labute approximate surface area is 214 Å². The summed E-state index contributed by atoms with van der Waals surface area (Å²) in [6, 6.07) is 7.28. The molecule has 1 fully saturated rings. The van der Waals surface area contributed by atoms with Gasteiger partial charge in [-0.2, -0.15) is 5.10 Å². The highest BCUT2D eigenvalue weighted by Crippen LogP contribution is 2.34. The van der Waals surface area contributed by atoms with E-state index in [9.17, 15) is 4.79 Å². The molecule has 186 valence electrons. The van der Waals surface area contributed by atoms with Gasteiger partial charge >= 0.3 is 0 Å².